The summed E-state index contributed by atoms with van der Waals surface area (Å²) in [5, 5.41) is 0. The van der Waals surface area contributed by atoms with Crippen molar-refractivity contribution in [1.29, 1.82) is 0 Å². The highest BCUT2D eigenvalue weighted by atomic mass is 16.5. The van der Waals surface area contributed by atoms with Crippen LogP contribution in [-0.2, 0) is 4.74 Å². The number of ether oxygens (including phenoxy) is 1. The lowest BCUT2D eigenvalue weighted by molar-refractivity contribution is -0.192. The van der Waals surface area contributed by atoms with E-state index in [1.54, 1.807) is 0 Å². The van der Waals surface area contributed by atoms with Crippen LogP contribution in [0.25, 0.3) is 0 Å². The Labute approximate surface area is 112 Å². The molecule has 0 bridgehead atoms. The van der Waals surface area contributed by atoms with E-state index in [0.29, 0.717) is 12.0 Å². The molecule has 0 aromatic carbocycles. The minimum absolute atomic E-state index is 0.0433. The van der Waals surface area contributed by atoms with Crippen molar-refractivity contribution in [3.8, 4) is 0 Å². The van der Waals surface area contributed by atoms with E-state index < -0.39 is 0 Å². The highest BCUT2D eigenvalue weighted by molar-refractivity contribution is 4.94. The molecule has 1 heterocycles. The van der Waals surface area contributed by atoms with Crippen LogP contribution in [-0.4, -0.2) is 41.8 Å². The topological polar surface area (TPSA) is 38.5 Å². The van der Waals surface area contributed by atoms with Gasteiger partial charge in [0, 0.05) is 19.1 Å². The Bertz CT molecular complexity index is 272. The zero-order chi connectivity index (χ0) is 13.4. The third-order valence-electron chi connectivity index (χ3n) is 4.36. The largest absolute Gasteiger partial charge is 0.367 e. The Balaban J connectivity index is 2.11. The lowest BCUT2D eigenvalue weighted by Gasteiger charge is -2.52. The van der Waals surface area contributed by atoms with E-state index in [9.17, 15) is 0 Å². The second-order valence-corrected chi connectivity index (χ2v) is 7.37. The highest BCUT2D eigenvalue weighted by Crippen LogP contribution is 2.35. The fourth-order valence-corrected chi connectivity index (χ4v) is 4.02. The summed E-state index contributed by atoms with van der Waals surface area (Å²) in [6, 6.07) is 0.672. The monoisotopic (exact) mass is 254 g/mol. The van der Waals surface area contributed by atoms with Gasteiger partial charge in [0.15, 0.2) is 0 Å². The molecule has 1 saturated carbocycles. The van der Waals surface area contributed by atoms with E-state index >= 15 is 0 Å². The lowest BCUT2D eigenvalue weighted by Crippen LogP contribution is -2.61. The van der Waals surface area contributed by atoms with Crippen LogP contribution in [0.5, 0.6) is 0 Å². The molecular formula is C15H30N2O. The Morgan fingerprint density at radius 2 is 1.61 bits per heavy atom. The quantitative estimate of drug-likeness (QED) is 0.822. The molecule has 0 amide bonds. The second kappa shape index (κ2) is 5.10. The molecule has 1 aliphatic heterocycles. The normalized spacial score (nSPS) is 36.5. The molecule has 2 fully saturated rings. The van der Waals surface area contributed by atoms with Crippen molar-refractivity contribution >= 4 is 0 Å². The fourth-order valence-electron chi connectivity index (χ4n) is 4.02. The van der Waals surface area contributed by atoms with Crippen LogP contribution in [0.3, 0.4) is 0 Å². The summed E-state index contributed by atoms with van der Waals surface area (Å²) in [5.74, 6) is 0.684. The minimum atomic E-state index is -0.0433. The van der Waals surface area contributed by atoms with Gasteiger partial charge in [-0.1, -0.05) is 12.8 Å². The van der Waals surface area contributed by atoms with Gasteiger partial charge < -0.3 is 10.5 Å². The summed E-state index contributed by atoms with van der Waals surface area (Å²) in [4.78, 5) is 2.65. The summed E-state index contributed by atoms with van der Waals surface area (Å²) < 4.78 is 6.18. The zero-order valence-electron chi connectivity index (χ0n) is 12.5. The number of hydrogen-bond donors (Lipinski definition) is 1. The van der Waals surface area contributed by atoms with Crippen LogP contribution in [0.2, 0.25) is 0 Å². The van der Waals surface area contributed by atoms with Gasteiger partial charge in [-0.2, -0.15) is 0 Å². The van der Waals surface area contributed by atoms with Gasteiger partial charge in [0.25, 0.3) is 0 Å². The molecule has 2 aliphatic rings. The van der Waals surface area contributed by atoms with Crippen molar-refractivity contribution in [1.82, 2.24) is 4.90 Å². The highest BCUT2D eigenvalue weighted by Gasteiger charge is 2.42. The van der Waals surface area contributed by atoms with Crippen molar-refractivity contribution in [3.05, 3.63) is 0 Å². The Morgan fingerprint density at radius 1 is 1.06 bits per heavy atom. The molecule has 2 rings (SSSR count). The van der Waals surface area contributed by atoms with Crippen molar-refractivity contribution in [2.75, 3.05) is 19.6 Å². The molecule has 0 aromatic rings. The smallest absolute Gasteiger partial charge is 0.0760 e. The van der Waals surface area contributed by atoms with E-state index in [1.165, 1.54) is 25.7 Å². The van der Waals surface area contributed by atoms with Gasteiger partial charge in [0.05, 0.1) is 11.2 Å². The summed E-state index contributed by atoms with van der Waals surface area (Å²) >= 11 is 0. The van der Waals surface area contributed by atoms with Crippen molar-refractivity contribution in [2.24, 2.45) is 11.7 Å². The number of nitrogens with zero attached hydrogens (tertiary/aromatic N) is 1. The van der Waals surface area contributed by atoms with Crippen LogP contribution in [0.15, 0.2) is 0 Å². The Kier molecular flexibility index (Phi) is 4.05. The van der Waals surface area contributed by atoms with Crippen molar-refractivity contribution < 1.29 is 4.74 Å². The standard InChI is InChI=1S/C15H30N2O/c1-14(2)10-17(11-15(3,4)18-14)13-8-6-5-7-12(13)9-16/h12-13H,5-11,16H2,1-4H3. The van der Waals surface area contributed by atoms with Crippen LogP contribution < -0.4 is 5.73 Å². The molecule has 3 heteroatoms. The summed E-state index contributed by atoms with van der Waals surface area (Å²) in [5.41, 5.74) is 5.89. The van der Waals surface area contributed by atoms with Gasteiger partial charge in [-0.3, -0.25) is 4.90 Å². The Morgan fingerprint density at radius 3 is 2.17 bits per heavy atom. The molecular weight excluding hydrogens is 224 g/mol. The molecule has 2 atom stereocenters. The van der Waals surface area contributed by atoms with Crippen molar-refractivity contribution in [2.45, 2.75) is 70.6 Å². The van der Waals surface area contributed by atoms with Crippen LogP contribution in [0, 0.1) is 5.92 Å². The fraction of sp³-hybridized carbons (Fsp3) is 1.00. The lowest BCUT2D eigenvalue weighted by atomic mass is 9.82. The molecule has 18 heavy (non-hydrogen) atoms. The number of hydrogen-bond acceptors (Lipinski definition) is 3. The maximum absolute atomic E-state index is 6.18. The first-order chi connectivity index (χ1) is 8.33. The molecule has 2 N–H and O–H groups in total. The average Bonchev–Trinajstić information content (AvgIpc) is 2.24. The second-order valence-electron chi connectivity index (χ2n) is 7.37. The first-order valence-corrected chi connectivity index (χ1v) is 7.47. The van der Waals surface area contributed by atoms with Gasteiger partial charge >= 0.3 is 0 Å². The van der Waals surface area contributed by atoms with E-state index in [1.807, 2.05) is 0 Å². The van der Waals surface area contributed by atoms with Gasteiger partial charge in [-0.15, -0.1) is 0 Å². The van der Waals surface area contributed by atoms with Gasteiger partial charge in [0.2, 0.25) is 0 Å². The van der Waals surface area contributed by atoms with Gasteiger partial charge in [-0.25, -0.2) is 0 Å². The predicted molar refractivity (Wildman–Crippen MR) is 75.6 cm³/mol. The summed E-state index contributed by atoms with van der Waals surface area (Å²) in [6.45, 7) is 11.8. The summed E-state index contributed by atoms with van der Waals surface area (Å²) in [7, 11) is 0. The third-order valence-corrected chi connectivity index (χ3v) is 4.36. The van der Waals surface area contributed by atoms with Crippen LogP contribution >= 0.6 is 0 Å². The maximum atomic E-state index is 6.18. The first kappa shape index (κ1) is 14.3. The van der Waals surface area contributed by atoms with Crippen molar-refractivity contribution in [3.63, 3.8) is 0 Å². The van der Waals surface area contributed by atoms with E-state index in [2.05, 4.69) is 32.6 Å². The molecule has 3 nitrogen and oxygen atoms in total. The molecule has 1 saturated heterocycles. The zero-order valence-corrected chi connectivity index (χ0v) is 12.5. The number of morpholine rings is 1. The summed E-state index contributed by atoms with van der Waals surface area (Å²) in [6.07, 6.45) is 5.34. The molecule has 1 aliphatic carbocycles. The number of rotatable bonds is 2. The molecule has 0 spiro atoms. The Hall–Kier alpha value is -0.120. The van der Waals surface area contributed by atoms with Gasteiger partial charge in [-0.05, 0) is 53.0 Å². The van der Waals surface area contributed by atoms with E-state index in [0.717, 1.165) is 19.6 Å². The first-order valence-electron chi connectivity index (χ1n) is 7.47. The van der Waals surface area contributed by atoms with E-state index in [4.69, 9.17) is 10.5 Å². The SMILES string of the molecule is CC1(C)CN(C2CCCCC2CN)CC(C)(C)O1. The maximum Gasteiger partial charge on any atom is 0.0760 e. The van der Waals surface area contributed by atoms with Gasteiger partial charge in [0.1, 0.15) is 0 Å². The minimum Gasteiger partial charge on any atom is -0.367 e. The average molecular weight is 254 g/mol. The van der Waals surface area contributed by atoms with E-state index in [-0.39, 0.29) is 11.2 Å². The van der Waals surface area contributed by atoms with Crippen LogP contribution in [0.4, 0.5) is 0 Å². The predicted octanol–water partition coefficient (Wildman–Crippen LogP) is 2.39. The molecule has 2 unspecified atom stereocenters. The molecule has 106 valence electrons. The molecule has 0 radical (unpaired) electrons. The van der Waals surface area contributed by atoms with Crippen LogP contribution in [0.1, 0.15) is 53.4 Å². The third kappa shape index (κ3) is 3.25. The molecule has 0 aromatic heterocycles. The number of nitrogens with two attached hydrogens (primary N) is 1.